The van der Waals surface area contributed by atoms with E-state index < -0.39 is 0 Å². The number of hydrogen-bond donors (Lipinski definition) is 1. The minimum absolute atomic E-state index is 0.124. The highest BCUT2D eigenvalue weighted by Gasteiger charge is 2.17. The molecule has 1 aromatic heterocycles. The Morgan fingerprint density at radius 3 is 2.58 bits per heavy atom. The summed E-state index contributed by atoms with van der Waals surface area (Å²) in [6.45, 7) is 4.96. The van der Waals surface area contributed by atoms with Crippen LogP contribution >= 0.6 is 11.6 Å². The second-order valence-electron chi connectivity index (χ2n) is 6.59. The molecule has 0 radical (unpaired) electrons. The van der Waals surface area contributed by atoms with Crippen LogP contribution in [0.4, 0.5) is 5.69 Å². The average molecular weight is 369 g/mol. The van der Waals surface area contributed by atoms with Gasteiger partial charge in [0.25, 0.3) is 5.56 Å². The first-order valence-electron chi connectivity index (χ1n) is 8.90. The van der Waals surface area contributed by atoms with Crippen molar-refractivity contribution in [1.29, 1.82) is 0 Å². The largest absolute Gasteiger partial charge is 0.369 e. The highest BCUT2D eigenvalue weighted by molar-refractivity contribution is 6.31. The number of anilines is 1. The molecule has 1 fully saturated rings. The van der Waals surface area contributed by atoms with Gasteiger partial charge >= 0.3 is 0 Å². The van der Waals surface area contributed by atoms with Crippen molar-refractivity contribution < 1.29 is 0 Å². The van der Waals surface area contributed by atoms with Gasteiger partial charge in [-0.05, 0) is 30.3 Å². The molecule has 0 bridgehead atoms. The van der Waals surface area contributed by atoms with Gasteiger partial charge in [0.1, 0.15) is 5.82 Å². The summed E-state index contributed by atoms with van der Waals surface area (Å²) >= 11 is 5.96. The predicted molar refractivity (Wildman–Crippen MR) is 106 cm³/mol. The van der Waals surface area contributed by atoms with E-state index >= 15 is 0 Å². The molecule has 1 N–H and O–H groups in total. The van der Waals surface area contributed by atoms with Crippen LogP contribution in [0.3, 0.4) is 0 Å². The molecule has 0 spiro atoms. The van der Waals surface area contributed by atoms with E-state index in [1.165, 1.54) is 5.69 Å². The highest BCUT2D eigenvalue weighted by atomic mass is 35.5. The van der Waals surface area contributed by atoms with Crippen LogP contribution < -0.4 is 10.5 Å². The Morgan fingerprint density at radius 1 is 1.04 bits per heavy atom. The lowest BCUT2D eigenvalue weighted by Gasteiger charge is -2.36. The molecule has 6 heteroatoms. The van der Waals surface area contributed by atoms with Crippen LogP contribution in [-0.4, -0.2) is 47.6 Å². The van der Waals surface area contributed by atoms with Crippen LogP contribution in [0, 0.1) is 0 Å². The number of H-pyrrole nitrogens is 1. The summed E-state index contributed by atoms with van der Waals surface area (Å²) in [4.78, 5) is 24.5. The Labute approximate surface area is 157 Å². The number of fused-ring (bicyclic) bond motifs is 1. The van der Waals surface area contributed by atoms with E-state index in [-0.39, 0.29) is 5.56 Å². The van der Waals surface area contributed by atoms with Crippen LogP contribution in [0.1, 0.15) is 5.82 Å². The number of nitrogens with one attached hydrogen (secondary N) is 1. The number of halogens is 1. The third-order valence-electron chi connectivity index (χ3n) is 4.87. The summed E-state index contributed by atoms with van der Waals surface area (Å²) < 4.78 is 0. The van der Waals surface area contributed by atoms with E-state index in [4.69, 9.17) is 11.6 Å². The second kappa shape index (κ2) is 7.48. The first kappa shape index (κ1) is 17.1. The van der Waals surface area contributed by atoms with E-state index in [0.29, 0.717) is 15.9 Å². The molecule has 0 saturated carbocycles. The molecule has 0 amide bonds. The molecular formula is C20H21ClN4O. The van der Waals surface area contributed by atoms with Crippen LogP contribution in [0.25, 0.3) is 10.9 Å². The number of hydrogen-bond acceptors (Lipinski definition) is 4. The molecular weight excluding hydrogens is 348 g/mol. The zero-order valence-corrected chi connectivity index (χ0v) is 15.2. The Morgan fingerprint density at radius 2 is 1.81 bits per heavy atom. The summed E-state index contributed by atoms with van der Waals surface area (Å²) in [6, 6.07) is 15.8. The Balaban J connectivity index is 1.37. The number of piperazine rings is 1. The van der Waals surface area contributed by atoms with Crippen molar-refractivity contribution >= 4 is 28.2 Å². The standard InChI is InChI=1S/C20H21ClN4O/c21-15-6-7-18-17(14-15)20(26)23-19(22-18)8-9-24-10-12-25(13-11-24)16-4-2-1-3-5-16/h1-7,14H,8-13H2,(H,22,23,26). The summed E-state index contributed by atoms with van der Waals surface area (Å²) in [5.41, 5.74) is 1.86. The van der Waals surface area contributed by atoms with Crippen molar-refractivity contribution in [2.45, 2.75) is 6.42 Å². The lowest BCUT2D eigenvalue weighted by Crippen LogP contribution is -2.47. The van der Waals surface area contributed by atoms with Crippen molar-refractivity contribution in [2.75, 3.05) is 37.6 Å². The second-order valence-corrected chi connectivity index (χ2v) is 7.02. The van der Waals surface area contributed by atoms with Crippen LogP contribution in [0.2, 0.25) is 5.02 Å². The zero-order valence-electron chi connectivity index (χ0n) is 14.5. The average Bonchev–Trinajstić information content (AvgIpc) is 2.68. The molecule has 2 heterocycles. The fraction of sp³-hybridized carbons (Fsp3) is 0.300. The number of rotatable bonds is 4. The first-order valence-corrected chi connectivity index (χ1v) is 9.28. The van der Waals surface area contributed by atoms with E-state index in [1.807, 2.05) is 6.07 Å². The summed E-state index contributed by atoms with van der Waals surface area (Å²) in [7, 11) is 0. The molecule has 3 aromatic rings. The van der Waals surface area contributed by atoms with E-state index in [2.05, 4.69) is 44.0 Å². The molecule has 134 valence electrons. The Bertz CT molecular complexity index is 949. The monoisotopic (exact) mass is 368 g/mol. The van der Waals surface area contributed by atoms with Gasteiger partial charge in [-0.25, -0.2) is 4.98 Å². The number of benzene rings is 2. The molecule has 1 saturated heterocycles. The highest BCUT2D eigenvalue weighted by Crippen LogP contribution is 2.16. The van der Waals surface area contributed by atoms with Gasteiger partial charge in [-0.15, -0.1) is 0 Å². The van der Waals surface area contributed by atoms with Crippen molar-refractivity contribution in [3.05, 3.63) is 69.7 Å². The smallest absolute Gasteiger partial charge is 0.258 e. The first-order chi connectivity index (χ1) is 12.7. The molecule has 26 heavy (non-hydrogen) atoms. The fourth-order valence-corrected chi connectivity index (χ4v) is 3.58. The van der Waals surface area contributed by atoms with Crippen LogP contribution in [0.5, 0.6) is 0 Å². The number of aromatic amines is 1. The molecule has 2 aromatic carbocycles. The lowest BCUT2D eigenvalue weighted by atomic mass is 10.2. The van der Waals surface area contributed by atoms with Crippen LogP contribution in [-0.2, 0) is 6.42 Å². The number of nitrogens with zero attached hydrogens (tertiary/aromatic N) is 3. The lowest BCUT2D eigenvalue weighted by molar-refractivity contribution is 0.259. The fourth-order valence-electron chi connectivity index (χ4n) is 3.41. The minimum atomic E-state index is -0.124. The molecule has 0 unspecified atom stereocenters. The molecule has 0 atom stereocenters. The maximum absolute atomic E-state index is 12.2. The SMILES string of the molecule is O=c1[nH]c(CCN2CCN(c3ccccc3)CC2)nc2ccc(Cl)cc12. The van der Waals surface area contributed by atoms with Gasteiger partial charge in [0, 0.05) is 49.9 Å². The molecule has 0 aliphatic carbocycles. The van der Waals surface area contributed by atoms with Crippen LogP contribution in [0.15, 0.2) is 53.3 Å². The van der Waals surface area contributed by atoms with Crippen molar-refractivity contribution in [3.8, 4) is 0 Å². The maximum atomic E-state index is 12.2. The number of aromatic nitrogens is 2. The van der Waals surface area contributed by atoms with Gasteiger partial charge < -0.3 is 9.88 Å². The van der Waals surface area contributed by atoms with Gasteiger partial charge in [-0.2, -0.15) is 0 Å². The zero-order chi connectivity index (χ0) is 17.9. The minimum Gasteiger partial charge on any atom is -0.369 e. The van der Waals surface area contributed by atoms with Crippen molar-refractivity contribution in [2.24, 2.45) is 0 Å². The summed E-state index contributed by atoms with van der Waals surface area (Å²) in [6.07, 6.45) is 0.735. The molecule has 5 nitrogen and oxygen atoms in total. The third-order valence-corrected chi connectivity index (χ3v) is 5.11. The van der Waals surface area contributed by atoms with E-state index in [9.17, 15) is 4.79 Å². The quantitative estimate of drug-likeness (QED) is 0.769. The van der Waals surface area contributed by atoms with Crippen molar-refractivity contribution in [1.82, 2.24) is 14.9 Å². The Hall–Kier alpha value is -2.37. The maximum Gasteiger partial charge on any atom is 0.258 e. The van der Waals surface area contributed by atoms with Gasteiger partial charge in [-0.1, -0.05) is 29.8 Å². The third kappa shape index (κ3) is 3.74. The summed E-state index contributed by atoms with van der Waals surface area (Å²) in [5, 5.41) is 1.09. The summed E-state index contributed by atoms with van der Waals surface area (Å²) in [5.74, 6) is 0.732. The van der Waals surface area contributed by atoms with E-state index in [1.54, 1.807) is 18.2 Å². The van der Waals surface area contributed by atoms with Gasteiger partial charge in [0.05, 0.1) is 10.9 Å². The molecule has 1 aliphatic rings. The van der Waals surface area contributed by atoms with Gasteiger partial charge in [-0.3, -0.25) is 9.69 Å². The molecule has 4 rings (SSSR count). The van der Waals surface area contributed by atoms with Gasteiger partial charge in [0.2, 0.25) is 0 Å². The van der Waals surface area contributed by atoms with Gasteiger partial charge in [0.15, 0.2) is 0 Å². The topological polar surface area (TPSA) is 52.2 Å². The van der Waals surface area contributed by atoms with E-state index in [0.717, 1.165) is 45.0 Å². The number of para-hydroxylation sites is 1. The van der Waals surface area contributed by atoms with Crippen molar-refractivity contribution in [3.63, 3.8) is 0 Å². The predicted octanol–water partition coefficient (Wildman–Crippen LogP) is 2.94. The molecule has 1 aliphatic heterocycles. The Kier molecular flexibility index (Phi) is 4.91. The normalized spacial score (nSPS) is 15.5.